The van der Waals surface area contributed by atoms with Crippen LogP contribution in [-0.4, -0.2) is 49.5 Å². The molecule has 7 heteroatoms. The number of aliphatic hydroxyl groups is 2. The normalized spacial score (nSPS) is 12.3. The molecule has 0 aliphatic carbocycles. The summed E-state index contributed by atoms with van der Waals surface area (Å²) in [4.78, 5) is -0.0319. The van der Waals surface area contributed by atoms with Crippen LogP contribution in [0.3, 0.4) is 0 Å². The van der Waals surface area contributed by atoms with E-state index in [9.17, 15) is 8.42 Å². The first-order valence-electron chi connectivity index (χ1n) is 10.9. The van der Waals surface area contributed by atoms with Gasteiger partial charge in [0.05, 0.1) is 18.1 Å². The number of unbranched alkanes of at least 4 members (excludes halogenated alkanes) is 7. The number of nitrogens with one attached hydrogen (secondary N) is 1. The maximum Gasteiger partial charge on any atom is 0.294 e. The Morgan fingerprint density at radius 1 is 0.862 bits per heavy atom. The maximum atomic E-state index is 11.0. The van der Waals surface area contributed by atoms with E-state index < -0.39 is 10.1 Å². The molecule has 0 aliphatic heterocycles. The second-order valence-electron chi connectivity index (χ2n) is 7.41. The third kappa shape index (κ3) is 15.5. The van der Waals surface area contributed by atoms with Gasteiger partial charge < -0.3 is 15.5 Å². The molecule has 6 nitrogen and oxygen atoms in total. The van der Waals surface area contributed by atoms with E-state index in [4.69, 9.17) is 14.8 Å². The summed E-state index contributed by atoms with van der Waals surface area (Å²) < 4.78 is 31.0. The number of hydrogen-bond donors (Lipinski definition) is 4. The van der Waals surface area contributed by atoms with Crippen LogP contribution < -0.4 is 5.32 Å². The maximum absolute atomic E-state index is 11.0. The van der Waals surface area contributed by atoms with Crippen molar-refractivity contribution >= 4 is 10.1 Å². The van der Waals surface area contributed by atoms with Gasteiger partial charge in [-0.2, -0.15) is 8.42 Å². The van der Waals surface area contributed by atoms with Crippen molar-refractivity contribution < 1.29 is 23.2 Å². The van der Waals surface area contributed by atoms with Gasteiger partial charge in [0, 0.05) is 13.1 Å². The van der Waals surface area contributed by atoms with Crippen molar-refractivity contribution in [3.63, 3.8) is 0 Å². The third-order valence-electron chi connectivity index (χ3n) is 4.81. The minimum Gasteiger partial charge on any atom is -0.395 e. The van der Waals surface area contributed by atoms with Gasteiger partial charge in [0.15, 0.2) is 0 Å². The average molecular weight is 432 g/mol. The Hall–Kier alpha value is -0.990. The predicted octanol–water partition coefficient (Wildman–Crippen LogP) is 4.13. The van der Waals surface area contributed by atoms with E-state index >= 15 is 0 Å². The molecule has 0 amide bonds. The molecule has 0 spiro atoms. The first-order valence-corrected chi connectivity index (χ1v) is 12.3. The average Bonchev–Trinajstić information content (AvgIpc) is 2.70. The summed E-state index contributed by atoms with van der Waals surface area (Å²) in [5, 5.41) is 19.1. The Balaban J connectivity index is 0.000000956. The smallest absolute Gasteiger partial charge is 0.294 e. The van der Waals surface area contributed by atoms with E-state index in [0.717, 1.165) is 12.0 Å². The van der Waals surface area contributed by atoms with Crippen molar-refractivity contribution in [1.82, 2.24) is 5.32 Å². The van der Waals surface area contributed by atoms with Gasteiger partial charge >= 0.3 is 0 Å². The van der Waals surface area contributed by atoms with Gasteiger partial charge in [0.2, 0.25) is 0 Å². The van der Waals surface area contributed by atoms with Gasteiger partial charge in [-0.1, -0.05) is 77.3 Å². The topological polar surface area (TPSA) is 107 Å². The zero-order valence-corrected chi connectivity index (χ0v) is 19.0. The summed E-state index contributed by atoms with van der Waals surface area (Å²) in [5.41, 5.74) is 1.13. The van der Waals surface area contributed by atoms with Crippen LogP contribution in [-0.2, 0) is 10.1 Å². The molecule has 170 valence electrons. The molecule has 1 unspecified atom stereocenters. The van der Waals surface area contributed by atoms with Crippen molar-refractivity contribution in [1.29, 1.82) is 0 Å². The highest BCUT2D eigenvalue weighted by molar-refractivity contribution is 7.85. The van der Waals surface area contributed by atoms with E-state index in [0.29, 0.717) is 19.0 Å². The molecule has 0 bridgehead atoms. The summed E-state index contributed by atoms with van der Waals surface area (Å²) in [7, 11) is -4.08. The van der Waals surface area contributed by atoms with Crippen LogP contribution in [0.2, 0.25) is 0 Å². The molecule has 0 saturated heterocycles. The fraction of sp³-hybridized carbons (Fsp3) is 0.727. The number of hydrogen-bond acceptors (Lipinski definition) is 5. The highest BCUT2D eigenvalue weighted by atomic mass is 32.2. The summed E-state index contributed by atoms with van der Waals surface area (Å²) in [6.45, 7) is 5.83. The molecular weight excluding hydrogens is 390 g/mol. The number of aliphatic hydroxyl groups excluding tert-OH is 2. The van der Waals surface area contributed by atoms with Crippen molar-refractivity contribution in [3.05, 3.63) is 29.8 Å². The second kappa shape index (κ2) is 17.8. The fourth-order valence-electron chi connectivity index (χ4n) is 3.00. The molecule has 0 heterocycles. The van der Waals surface area contributed by atoms with Gasteiger partial charge in [-0.15, -0.1) is 0 Å². The first kappa shape index (κ1) is 28.0. The molecule has 1 aromatic rings. The molecule has 1 aromatic carbocycles. The quantitative estimate of drug-likeness (QED) is 0.246. The molecular formula is C22H41NO5S. The molecule has 0 fully saturated rings. The van der Waals surface area contributed by atoms with Crippen molar-refractivity contribution in [2.24, 2.45) is 0 Å². The van der Waals surface area contributed by atoms with Crippen LogP contribution in [0.4, 0.5) is 0 Å². The van der Waals surface area contributed by atoms with Crippen molar-refractivity contribution in [3.8, 4) is 0 Å². The molecule has 0 aliphatic rings. The lowest BCUT2D eigenvalue weighted by Crippen LogP contribution is -2.21. The highest BCUT2D eigenvalue weighted by Crippen LogP contribution is 2.23. The minimum atomic E-state index is -4.08. The fourth-order valence-corrected chi connectivity index (χ4v) is 3.48. The van der Waals surface area contributed by atoms with Crippen molar-refractivity contribution in [2.45, 2.75) is 82.4 Å². The Kier molecular flexibility index (Phi) is 17.2. The largest absolute Gasteiger partial charge is 0.395 e. The van der Waals surface area contributed by atoms with Crippen molar-refractivity contribution in [2.75, 3.05) is 26.3 Å². The lowest BCUT2D eigenvalue weighted by molar-refractivity contribution is 0.266. The highest BCUT2D eigenvalue weighted by Gasteiger charge is 2.10. The van der Waals surface area contributed by atoms with E-state index in [2.05, 4.69) is 19.2 Å². The number of benzene rings is 1. The minimum absolute atomic E-state index is 0.0319. The monoisotopic (exact) mass is 431 g/mol. The second-order valence-corrected chi connectivity index (χ2v) is 8.83. The Morgan fingerprint density at radius 2 is 1.34 bits per heavy atom. The van der Waals surface area contributed by atoms with Crippen LogP contribution in [0.1, 0.15) is 83.1 Å². The zero-order valence-electron chi connectivity index (χ0n) is 18.1. The zero-order chi connectivity index (χ0) is 22.0. The first-order chi connectivity index (χ1) is 13.9. The van der Waals surface area contributed by atoms with Gasteiger partial charge in [-0.25, -0.2) is 0 Å². The molecule has 0 aromatic heterocycles. The molecule has 1 rings (SSSR count). The van der Waals surface area contributed by atoms with E-state index in [-0.39, 0.29) is 18.1 Å². The van der Waals surface area contributed by atoms with Gasteiger partial charge in [0.1, 0.15) is 0 Å². The standard InChI is InChI=1S/C18H30O3S.C4H11NO2/c1-3-4-5-6-7-8-9-10-11-16(2)17-12-14-18(15-13-17)22(19,20)21;6-3-1-5-2-4-7/h12-16H,3-11H2,1-2H3,(H,19,20,21);5-7H,1-4H2. The predicted molar refractivity (Wildman–Crippen MR) is 119 cm³/mol. The van der Waals surface area contributed by atoms with Gasteiger partial charge in [-0.3, -0.25) is 4.55 Å². The van der Waals surface area contributed by atoms with E-state index in [1.165, 1.54) is 63.5 Å². The molecule has 0 radical (unpaired) electrons. The van der Waals surface area contributed by atoms with Crippen LogP contribution in [0, 0.1) is 0 Å². The van der Waals surface area contributed by atoms with E-state index in [1.54, 1.807) is 12.1 Å². The Morgan fingerprint density at radius 3 is 1.79 bits per heavy atom. The van der Waals surface area contributed by atoms with Gasteiger partial charge in [0.25, 0.3) is 10.1 Å². The van der Waals surface area contributed by atoms with E-state index in [1.807, 2.05) is 0 Å². The molecule has 0 saturated carbocycles. The lowest BCUT2D eigenvalue weighted by Gasteiger charge is -2.12. The summed E-state index contributed by atoms with van der Waals surface area (Å²) in [6, 6.07) is 6.57. The number of rotatable bonds is 15. The summed E-state index contributed by atoms with van der Waals surface area (Å²) in [5.74, 6) is 0.426. The van der Waals surface area contributed by atoms with Crippen LogP contribution >= 0.6 is 0 Å². The van der Waals surface area contributed by atoms with Crippen LogP contribution in [0.25, 0.3) is 0 Å². The Labute approximate surface area is 177 Å². The summed E-state index contributed by atoms with van der Waals surface area (Å²) >= 11 is 0. The Bertz CT molecular complexity index is 586. The molecule has 29 heavy (non-hydrogen) atoms. The molecule has 4 N–H and O–H groups in total. The van der Waals surface area contributed by atoms with Crippen LogP contribution in [0.5, 0.6) is 0 Å². The van der Waals surface area contributed by atoms with Gasteiger partial charge in [-0.05, 0) is 30.0 Å². The van der Waals surface area contributed by atoms with Crippen LogP contribution in [0.15, 0.2) is 29.2 Å². The molecule has 1 atom stereocenters. The summed E-state index contributed by atoms with van der Waals surface area (Å²) in [6.07, 6.45) is 11.7. The SMILES string of the molecule is CCCCCCCCCCC(C)c1ccc(S(=O)(=O)O)cc1.OCCNCCO. The lowest BCUT2D eigenvalue weighted by atomic mass is 9.95. The third-order valence-corrected chi connectivity index (χ3v) is 5.68.